The van der Waals surface area contributed by atoms with E-state index in [2.05, 4.69) is 17.9 Å². The summed E-state index contributed by atoms with van der Waals surface area (Å²) < 4.78 is 0. The first kappa shape index (κ1) is 14.2. The zero-order chi connectivity index (χ0) is 13.8. The van der Waals surface area contributed by atoms with Crippen LogP contribution in [0, 0.1) is 0 Å². The Bertz CT molecular complexity index is 415. The van der Waals surface area contributed by atoms with Crippen LogP contribution in [0.2, 0.25) is 0 Å². The van der Waals surface area contributed by atoms with Gasteiger partial charge >= 0.3 is 0 Å². The first-order valence-corrected chi connectivity index (χ1v) is 7.48. The van der Waals surface area contributed by atoms with E-state index in [0.717, 1.165) is 17.8 Å². The molecular formula is C16H26N2O. The van der Waals surface area contributed by atoms with Gasteiger partial charge in [0.2, 0.25) is 0 Å². The third-order valence-electron chi connectivity index (χ3n) is 4.09. The molecule has 3 N–H and O–H groups in total. The minimum Gasteiger partial charge on any atom is -0.508 e. The van der Waals surface area contributed by atoms with Gasteiger partial charge in [-0.3, -0.25) is 0 Å². The van der Waals surface area contributed by atoms with Gasteiger partial charge in [-0.1, -0.05) is 19.4 Å². The Labute approximate surface area is 116 Å². The van der Waals surface area contributed by atoms with Crippen molar-refractivity contribution in [2.45, 2.75) is 58.0 Å². The number of phenols is 1. The maximum atomic E-state index is 10.1. The predicted octanol–water partition coefficient (Wildman–Crippen LogP) is 3.57. The standard InChI is InChI=1S/C16H26N2O/c1-3-6-13-7-4-5-10-18(13)14-8-9-15(12(2)17)16(19)11-14/h8-9,11-13,19H,3-7,10,17H2,1-2H3. The van der Waals surface area contributed by atoms with E-state index in [1.54, 1.807) is 0 Å². The molecule has 0 saturated carbocycles. The number of aromatic hydroxyl groups is 1. The maximum Gasteiger partial charge on any atom is 0.122 e. The van der Waals surface area contributed by atoms with E-state index in [0.29, 0.717) is 11.8 Å². The molecule has 19 heavy (non-hydrogen) atoms. The van der Waals surface area contributed by atoms with Crippen LogP contribution in [0.3, 0.4) is 0 Å². The number of benzene rings is 1. The molecule has 2 rings (SSSR count). The second-order valence-electron chi connectivity index (χ2n) is 5.66. The number of nitrogens with two attached hydrogens (primary N) is 1. The highest BCUT2D eigenvalue weighted by atomic mass is 16.3. The monoisotopic (exact) mass is 262 g/mol. The van der Waals surface area contributed by atoms with E-state index < -0.39 is 0 Å². The summed E-state index contributed by atoms with van der Waals surface area (Å²) in [5.41, 5.74) is 7.81. The van der Waals surface area contributed by atoms with E-state index in [1.165, 1.54) is 32.1 Å². The third kappa shape index (κ3) is 3.21. The van der Waals surface area contributed by atoms with Gasteiger partial charge in [0, 0.05) is 35.9 Å². The highest BCUT2D eigenvalue weighted by Gasteiger charge is 2.22. The molecule has 106 valence electrons. The molecule has 3 heteroatoms. The molecule has 1 aromatic carbocycles. The van der Waals surface area contributed by atoms with Gasteiger partial charge in [-0.15, -0.1) is 0 Å². The fourth-order valence-electron chi connectivity index (χ4n) is 3.07. The first-order chi connectivity index (χ1) is 9.13. The molecule has 2 unspecified atom stereocenters. The van der Waals surface area contributed by atoms with Crippen LogP contribution in [0.5, 0.6) is 5.75 Å². The highest BCUT2D eigenvalue weighted by molar-refractivity contribution is 5.55. The number of nitrogens with zero attached hydrogens (tertiary/aromatic N) is 1. The van der Waals surface area contributed by atoms with Crippen molar-refractivity contribution in [3.8, 4) is 5.75 Å². The zero-order valence-electron chi connectivity index (χ0n) is 12.1. The van der Waals surface area contributed by atoms with Gasteiger partial charge in [-0.25, -0.2) is 0 Å². The number of anilines is 1. The van der Waals surface area contributed by atoms with Gasteiger partial charge in [0.05, 0.1) is 0 Å². The Morgan fingerprint density at radius 1 is 1.42 bits per heavy atom. The Balaban J connectivity index is 2.22. The minimum atomic E-state index is -0.123. The number of hydrogen-bond acceptors (Lipinski definition) is 3. The molecular weight excluding hydrogens is 236 g/mol. The van der Waals surface area contributed by atoms with Crippen LogP contribution in [-0.2, 0) is 0 Å². The van der Waals surface area contributed by atoms with E-state index >= 15 is 0 Å². The summed E-state index contributed by atoms with van der Waals surface area (Å²) in [5.74, 6) is 0.327. The van der Waals surface area contributed by atoms with Crippen molar-refractivity contribution in [2.24, 2.45) is 5.73 Å². The summed E-state index contributed by atoms with van der Waals surface area (Å²) in [6, 6.07) is 6.45. The summed E-state index contributed by atoms with van der Waals surface area (Å²) >= 11 is 0. The molecule has 2 atom stereocenters. The van der Waals surface area contributed by atoms with Crippen molar-refractivity contribution in [2.75, 3.05) is 11.4 Å². The molecule has 1 saturated heterocycles. The van der Waals surface area contributed by atoms with Crippen LogP contribution in [0.25, 0.3) is 0 Å². The molecule has 0 radical (unpaired) electrons. The summed E-state index contributed by atoms with van der Waals surface area (Å²) in [6.07, 6.45) is 6.28. The summed E-state index contributed by atoms with van der Waals surface area (Å²) in [6.45, 7) is 5.24. The lowest BCUT2D eigenvalue weighted by atomic mass is 9.97. The molecule has 1 heterocycles. The SMILES string of the molecule is CCCC1CCCCN1c1ccc(C(C)N)c(O)c1. The lowest BCUT2D eigenvalue weighted by Crippen LogP contribution is -2.39. The van der Waals surface area contributed by atoms with Crippen molar-refractivity contribution in [3.63, 3.8) is 0 Å². The number of rotatable bonds is 4. The Morgan fingerprint density at radius 2 is 2.21 bits per heavy atom. The lowest BCUT2D eigenvalue weighted by Gasteiger charge is -2.38. The van der Waals surface area contributed by atoms with E-state index in [4.69, 9.17) is 5.73 Å². The third-order valence-corrected chi connectivity index (χ3v) is 4.09. The molecule has 0 aromatic heterocycles. The Kier molecular flexibility index (Phi) is 4.70. The molecule has 1 aliphatic rings. The smallest absolute Gasteiger partial charge is 0.122 e. The Morgan fingerprint density at radius 3 is 2.84 bits per heavy atom. The lowest BCUT2D eigenvalue weighted by molar-refractivity contribution is 0.432. The maximum absolute atomic E-state index is 10.1. The van der Waals surface area contributed by atoms with Gasteiger partial charge < -0.3 is 15.7 Å². The molecule has 1 aliphatic heterocycles. The van der Waals surface area contributed by atoms with Crippen LogP contribution in [0.1, 0.15) is 57.6 Å². The number of phenolic OH excluding ortho intramolecular Hbond substituents is 1. The second-order valence-corrected chi connectivity index (χ2v) is 5.66. The fourth-order valence-corrected chi connectivity index (χ4v) is 3.07. The Hall–Kier alpha value is -1.22. The van der Waals surface area contributed by atoms with Gasteiger partial charge in [0.1, 0.15) is 5.75 Å². The van der Waals surface area contributed by atoms with Crippen molar-refractivity contribution >= 4 is 5.69 Å². The molecule has 1 fully saturated rings. The van der Waals surface area contributed by atoms with Crippen LogP contribution >= 0.6 is 0 Å². The van der Waals surface area contributed by atoms with Crippen LogP contribution < -0.4 is 10.6 Å². The molecule has 3 nitrogen and oxygen atoms in total. The molecule has 0 spiro atoms. The summed E-state index contributed by atoms with van der Waals surface area (Å²) in [4.78, 5) is 2.46. The average Bonchev–Trinajstić information content (AvgIpc) is 2.39. The molecule has 0 aliphatic carbocycles. The summed E-state index contributed by atoms with van der Waals surface area (Å²) in [7, 11) is 0. The van der Waals surface area contributed by atoms with Crippen molar-refractivity contribution < 1.29 is 5.11 Å². The summed E-state index contributed by atoms with van der Waals surface area (Å²) in [5, 5.41) is 10.1. The van der Waals surface area contributed by atoms with Crippen LogP contribution in [-0.4, -0.2) is 17.7 Å². The van der Waals surface area contributed by atoms with E-state index in [9.17, 15) is 5.11 Å². The fraction of sp³-hybridized carbons (Fsp3) is 0.625. The molecule has 0 bridgehead atoms. The highest BCUT2D eigenvalue weighted by Crippen LogP contribution is 2.32. The number of hydrogen-bond donors (Lipinski definition) is 2. The number of piperidine rings is 1. The average molecular weight is 262 g/mol. The topological polar surface area (TPSA) is 49.5 Å². The largest absolute Gasteiger partial charge is 0.508 e. The predicted molar refractivity (Wildman–Crippen MR) is 80.6 cm³/mol. The second kappa shape index (κ2) is 6.29. The van der Waals surface area contributed by atoms with Crippen molar-refractivity contribution in [1.29, 1.82) is 0 Å². The van der Waals surface area contributed by atoms with E-state index in [-0.39, 0.29) is 6.04 Å². The van der Waals surface area contributed by atoms with E-state index in [1.807, 2.05) is 19.1 Å². The van der Waals surface area contributed by atoms with Gasteiger partial charge in [-0.2, -0.15) is 0 Å². The van der Waals surface area contributed by atoms with Gasteiger partial charge in [0.25, 0.3) is 0 Å². The zero-order valence-corrected chi connectivity index (χ0v) is 12.1. The minimum absolute atomic E-state index is 0.123. The molecule has 1 aromatic rings. The van der Waals surface area contributed by atoms with Gasteiger partial charge in [-0.05, 0) is 38.7 Å². The normalized spacial score (nSPS) is 21.4. The van der Waals surface area contributed by atoms with Crippen LogP contribution in [0.4, 0.5) is 5.69 Å². The first-order valence-electron chi connectivity index (χ1n) is 7.48. The van der Waals surface area contributed by atoms with Gasteiger partial charge in [0.15, 0.2) is 0 Å². The van der Waals surface area contributed by atoms with Crippen LogP contribution in [0.15, 0.2) is 18.2 Å². The van der Waals surface area contributed by atoms with Crippen molar-refractivity contribution in [3.05, 3.63) is 23.8 Å². The quantitative estimate of drug-likeness (QED) is 0.872. The molecule has 0 amide bonds. The van der Waals surface area contributed by atoms with Crippen molar-refractivity contribution in [1.82, 2.24) is 0 Å².